The van der Waals surface area contributed by atoms with Crippen molar-refractivity contribution in [2.75, 3.05) is 16.8 Å². The van der Waals surface area contributed by atoms with E-state index in [1.165, 1.54) is 36.4 Å². The third-order valence-electron chi connectivity index (χ3n) is 4.76. The Hall–Kier alpha value is -4.37. The maximum absolute atomic E-state index is 13.0. The summed E-state index contributed by atoms with van der Waals surface area (Å²) in [4.78, 5) is 37.1. The molecule has 0 aliphatic rings. The van der Waals surface area contributed by atoms with Crippen LogP contribution in [0.5, 0.6) is 0 Å². The zero-order valence-corrected chi connectivity index (χ0v) is 19.1. The molecule has 34 heavy (non-hydrogen) atoms. The molecule has 2 N–H and O–H groups in total. The molecule has 3 aromatic rings. The van der Waals surface area contributed by atoms with Gasteiger partial charge in [-0.3, -0.25) is 25.0 Å². The van der Waals surface area contributed by atoms with Crippen molar-refractivity contribution in [2.45, 2.75) is 6.92 Å². The minimum Gasteiger partial charge on any atom is -0.332 e. The summed E-state index contributed by atoms with van der Waals surface area (Å²) >= 11 is 5.20. The first-order chi connectivity index (χ1) is 16.4. The van der Waals surface area contributed by atoms with Crippen molar-refractivity contribution in [2.24, 2.45) is 0 Å². The Morgan fingerprint density at radius 2 is 1.74 bits per heavy atom. The van der Waals surface area contributed by atoms with Gasteiger partial charge >= 0.3 is 0 Å². The topological polar surface area (TPSA) is 105 Å². The average molecular weight is 475 g/mol. The molecule has 2 amide bonds. The van der Waals surface area contributed by atoms with Crippen LogP contribution in [0.2, 0.25) is 0 Å². The Morgan fingerprint density at radius 1 is 1.03 bits per heavy atom. The van der Waals surface area contributed by atoms with Gasteiger partial charge in [-0.25, -0.2) is 0 Å². The first kappa shape index (κ1) is 24.3. The molecular formula is C25H22N4O4S. The quantitative estimate of drug-likeness (QED) is 0.221. The Labute approximate surface area is 202 Å². The minimum absolute atomic E-state index is 0.0292. The molecule has 0 unspecified atom stereocenters. The van der Waals surface area contributed by atoms with Crippen molar-refractivity contribution in [3.05, 3.63) is 106 Å². The van der Waals surface area contributed by atoms with E-state index in [4.69, 9.17) is 12.2 Å². The number of hydrogen-bond donors (Lipinski definition) is 2. The summed E-state index contributed by atoms with van der Waals surface area (Å²) in [5, 5.41) is 16.2. The normalized spacial score (nSPS) is 10.5. The highest BCUT2D eigenvalue weighted by Crippen LogP contribution is 2.19. The number of nitrogens with one attached hydrogen (secondary N) is 2. The fraction of sp³-hybridized carbons (Fsp3) is 0.0800. The summed E-state index contributed by atoms with van der Waals surface area (Å²) in [5.74, 6) is -0.623. The molecular weight excluding hydrogens is 452 g/mol. The van der Waals surface area contributed by atoms with E-state index >= 15 is 0 Å². The second kappa shape index (κ2) is 11.5. The summed E-state index contributed by atoms with van der Waals surface area (Å²) < 4.78 is 0. The Kier molecular flexibility index (Phi) is 8.20. The zero-order valence-electron chi connectivity index (χ0n) is 18.3. The molecule has 0 aliphatic heterocycles. The van der Waals surface area contributed by atoms with Gasteiger partial charge in [-0.05, 0) is 73.2 Å². The number of hydrogen-bond acceptors (Lipinski definition) is 5. The fourth-order valence-electron chi connectivity index (χ4n) is 3.13. The van der Waals surface area contributed by atoms with Crippen LogP contribution in [0, 0.1) is 10.1 Å². The van der Waals surface area contributed by atoms with Crippen LogP contribution in [0.4, 0.5) is 17.1 Å². The van der Waals surface area contributed by atoms with Gasteiger partial charge in [0.05, 0.1) is 4.92 Å². The smallest absolute Gasteiger partial charge is 0.269 e. The number of benzene rings is 3. The Bertz CT molecular complexity index is 1230. The zero-order chi connectivity index (χ0) is 24.5. The lowest BCUT2D eigenvalue weighted by atomic mass is 10.1. The van der Waals surface area contributed by atoms with Gasteiger partial charge in [-0.2, -0.15) is 0 Å². The van der Waals surface area contributed by atoms with Crippen LogP contribution in [0.25, 0.3) is 6.08 Å². The van der Waals surface area contributed by atoms with Crippen molar-refractivity contribution in [3.63, 3.8) is 0 Å². The number of carbonyl (C=O) groups excluding carboxylic acids is 2. The second-order valence-corrected chi connectivity index (χ2v) is 7.50. The second-order valence-electron chi connectivity index (χ2n) is 7.09. The highest BCUT2D eigenvalue weighted by molar-refractivity contribution is 7.80. The van der Waals surface area contributed by atoms with Gasteiger partial charge in [-0.1, -0.05) is 24.3 Å². The summed E-state index contributed by atoms with van der Waals surface area (Å²) in [5.41, 5.74) is 2.43. The molecule has 0 spiro atoms. The number of nitro groups is 1. The van der Waals surface area contributed by atoms with Crippen LogP contribution in [0.15, 0.2) is 84.9 Å². The number of anilines is 2. The van der Waals surface area contributed by atoms with Gasteiger partial charge in [0.1, 0.15) is 0 Å². The van der Waals surface area contributed by atoms with Gasteiger partial charge in [0, 0.05) is 41.7 Å². The van der Waals surface area contributed by atoms with Crippen molar-refractivity contribution in [3.8, 4) is 0 Å². The van der Waals surface area contributed by atoms with Crippen molar-refractivity contribution in [1.82, 2.24) is 5.32 Å². The molecule has 0 bridgehead atoms. The molecule has 172 valence electrons. The number of rotatable bonds is 7. The number of amides is 2. The maximum atomic E-state index is 13.0. The summed E-state index contributed by atoms with van der Waals surface area (Å²) in [6.45, 7) is 2.41. The lowest BCUT2D eigenvalue weighted by molar-refractivity contribution is -0.384. The van der Waals surface area contributed by atoms with E-state index in [1.807, 2.05) is 37.3 Å². The summed E-state index contributed by atoms with van der Waals surface area (Å²) in [6.07, 6.45) is 2.79. The van der Waals surface area contributed by atoms with E-state index in [2.05, 4.69) is 10.6 Å². The number of carbonyl (C=O) groups is 2. The van der Waals surface area contributed by atoms with Crippen molar-refractivity contribution < 1.29 is 14.5 Å². The third kappa shape index (κ3) is 6.57. The predicted octanol–water partition coefficient (Wildman–Crippen LogP) is 4.79. The Morgan fingerprint density at radius 3 is 2.38 bits per heavy atom. The van der Waals surface area contributed by atoms with Crippen molar-refractivity contribution in [1.29, 1.82) is 0 Å². The molecule has 0 aromatic heterocycles. The number of para-hydroxylation sites is 1. The average Bonchev–Trinajstić information content (AvgIpc) is 2.84. The monoisotopic (exact) mass is 474 g/mol. The highest BCUT2D eigenvalue weighted by atomic mass is 32.1. The molecule has 3 rings (SSSR count). The standard InChI is InChI=1S/C25H22N4O4S/c1-2-28(21-9-4-3-5-10-21)24(31)19-7-6-8-20(17-19)26-25(34)27-23(30)16-13-18-11-14-22(15-12-18)29(32)33/h3-17H,2H2,1H3,(H2,26,27,30,34)/b16-13+. The van der Waals surface area contributed by atoms with E-state index < -0.39 is 10.8 Å². The molecule has 0 atom stereocenters. The molecule has 0 saturated heterocycles. The predicted molar refractivity (Wildman–Crippen MR) is 137 cm³/mol. The van der Waals surface area contributed by atoms with E-state index in [1.54, 1.807) is 29.2 Å². The van der Waals surface area contributed by atoms with E-state index in [0.717, 1.165) is 5.69 Å². The summed E-state index contributed by atoms with van der Waals surface area (Å²) in [6, 6.07) is 22.0. The number of non-ortho nitro benzene ring substituents is 1. The van der Waals surface area contributed by atoms with Crippen LogP contribution in [-0.2, 0) is 4.79 Å². The number of thiocarbonyl (C=S) groups is 1. The fourth-order valence-corrected chi connectivity index (χ4v) is 3.35. The van der Waals surface area contributed by atoms with E-state index in [9.17, 15) is 19.7 Å². The Balaban J connectivity index is 1.60. The third-order valence-corrected chi connectivity index (χ3v) is 4.97. The molecule has 0 saturated carbocycles. The SMILES string of the molecule is CCN(C(=O)c1cccc(NC(=S)NC(=O)/C=C/c2ccc([N+](=O)[O-])cc2)c1)c1ccccc1. The first-order valence-corrected chi connectivity index (χ1v) is 10.8. The van der Waals surface area contributed by atoms with Crippen LogP contribution < -0.4 is 15.5 Å². The lowest BCUT2D eigenvalue weighted by Gasteiger charge is -2.21. The molecule has 0 heterocycles. The number of nitro benzene ring substituents is 1. The molecule has 8 nitrogen and oxygen atoms in total. The van der Waals surface area contributed by atoms with E-state index in [-0.39, 0.29) is 16.7 Å². The highest BCUT2D eigenvalue weighted by Gasteiger charge is 2.16. The van der Waals surface area contributed by atoms with Gasteiger partial charge in [-0.15, -0.1) is 0 Å². The largest absolute Gasteiger partial charge is 0.332 e. The van der Waals surface area contributed by atoms with Gasteiger partial charge in [0.15, 0.2) is 5.11 Å². The van der Waals surface area contributed by atoms with Gasteiger partial charge in [0.25, 0.3) is 11.6 Å². The minimum atomic E-state index is -0.492. The van der Waals surface area contributed by atoms with Crippen LogP contribution in [-0.4, -0.2) is 28.4 Å². The van der Waals surface area contributed by atoms with Crippen LogP contribution in [0.1, 0.15) is 22.8 Å². The summed E-state index contributed by atoms with van der Waals surface area (Å²) in [7, 11) is 0. The molecule has 0 aliphatic carbocycles. The lowest BCUT2D eigenvalue weighted by Crippen LogP contribution is -2.33. The van der Waals surface area contributed by atoms with Crippen LogP contribution in [0.3, 0.4) is 0 Å². The van der Waals surface area contributed by atoms with E-state index in [0.29, 0.717) is 23.4 Å². The molecule has 3 aromatic carbocycles. The van der Waals surface area contributed by atoms with Crippen molar-refractivity contribution >= 4 is 52.3 Å². The van der Waals surface area contributed by atoms with Gasteiger partial charge in [0.2, 0.25) is 5.91 Å². The molecule has 0 radical (unpaired) electrons. The molecule has 0 fully saturated rings. The van der Waals surface area contributed by atoms with Gasteiger partial charge < -0.3 is 10.2 Å². The van der Waals surface area contributed by atoms with Crippen LogP contribution >= 0.6 is 12.2 Å². The molecule has 9 heteroatoms. The first-order valence-electron chi connectivity index (χ1n) is 10.4. The maximum Gasteiger partial charge on any atom is 0.269 e. The number of nitrogens with zero attached hydrogens (tertiary/aromatic N) is 2.